The molecule has 118 valence electrons. The van der Waals surface area contributed by atoms with E-state index in [1.807, 2.05) is 35.7 Å². The van der Waals surface area contributed by atoms with E-state index in [-0.39, 0.29) is 5.91 Å². The Morgan fingerprint density at radius 2 is 2.09 bits per heavy atom. The third-order valence-corrected chi connectivity index (χ3v) is 5.95. The van der Waals surface area contributed by atoms with Crippen LogP contribution in [-0.2, 0) is 4.79 Å². The topological polar surface area (TPSA) is 65.8 Å². The van der Waals surface area contributed by atoms with E-state index in [1.54, 1.807) is 11.3 Å². The number of rotatable bonds is 5. The lowest BCUT2D eigenvalue weighted by Crippen LogP contribution is -2.45. The summed E-state index contributed by atoms with van der Waals surface area (Å²) in [6.07, 6.45) is 3.53. The number of benzene rings is 1. The van der Waals surface area contributed by atoms with Crippen molar-refractivity contribution >= 4 is 29.0 Å². The first kappa shape index (κ1) is 16.0. The molecule has 1 aromatic heterocycles. The molecule has 2 aromatic rings. The van der Waals surface area contributed by atoms with E-state index in [0.717, 1.165) is 41.3 Å². The molecule has 0 radical (unpaired) electrons. The first-order valence-corrected chi connectivity index (χ1v) is 9.43. The van der Waals surface area contributed by atoms with Crippen LogP contribution in [0.1, 0.15) is 25.7 Å². The number of hydrogen-bond acceptors (Lipinski definition) is 5. The predicted octanol–water partition coefficient (Wildman–Crippen LogP) is 3.85. The van der Waals surface area contributed by atoms with Gasteiger partial charge in [0, 0.05) is 10.9 Å². The molecule has 0 aliphatic heterocycles. The van der Waals surface area contributed by atoms with Gasteiger partial charge in [0.25, 0.3) is 0 Å². The fourth-order valence-electron chi connectivity index (χ4n) is 2.74. The Labute approximate surface area is 143 Å². The molecule has 1 aliphatic rings. The molecule has 1 fully saturated rings. The zero-order valence-corrected chi connectivity index (χ0v) is 14.3. The van der Waals surface area contributed by atoms with E-state index in [4.69, 9.17) is 0 Å². The Bertz CT molecular complexity index is 715. The average Bonchev–Trinajstić information content (AvgIpc) is 3.24. The highest BCUT2D eigenvalue weighted by atomic mass is 32.2. The van der Waals surface area contributed by atoms with E-state index < -0.39 is 5.54 Å². The number of hydrogen-bond donors (Lipinski definition) is 1. The quantitative estimate of drug-likeness (QED) is 0.837. The van der Waals surface area contributed by atoms with Crippen molar-refractivity contribution in [1.82, 2.24) is 10.3 Å². The normalized spacial score (nSPS) is 16.0. The molecular weight excluding hydrogens is 326 g/mol. The van der Waals surface area contributed by atoms with Crippen LogP contribution in [0, 0.1) is 11.3 Å². The second-order valence-electron chi connectivity index (χ2n) is 5.60. The van der Waals surface area contributed by atoms with Crippen molar-refractivity contribution in [2.24, 2.45) is 0 Å². The van der Waals surface area contributed by atoms with Gasteiger partial charge in [-0.2, -0.15) is 5.26 Å². The van der Waals surface area contributed by atoms with Gasteiger partial charge in [0.15, 0.2) is 4.34 Å². The molecule has 0 saturated heterocycles. The van der Waals surface area contributed by atoms with Gasteiger partial charge < -0.3 is 5.32 Å². The summed E-state index contributed by atoms with van der Waals surface area (Å²) in [4.78, 5) is 16.7. The molecule has 3 rings (SSSR count). The van der Waals surface area contributed by atoms with Crippen LogP contribution in [0.25, 0.3) is 11.3 Å². The molecule has 1 amide bonds. The van der Waals surface area contributed by atoms with Gasteiger partial charge in [-0.25, -0.2) is 4.98 Å². The van der Waals surface area contributed by atoms with Crippen LogP contribution in [-0.4, -0.2) is 22.2 Å². The number of carbonyl (C=O) groups is 1. The lowest BCUT2D eigenvalue weighted by molar-refractivity contribution is -0.119. The zero-order chi connectivity index (χ0) is 16.1. The molecule has 0 atom stereocenters. The van der Waals surface area contributed by atoms with Crippen molar-refractivity contribution in [3.8, 4) is 17.3 Å². The summed E-state index contributed by atoms with van der Waals surface area (Å²) in [5, 5.41) is 14.2. The van der Waals surface area contributed by atoms with Gasteiger partial charge in [-0.15, -0.1) is 11.3 Å². The average molecular weight is 343 g/mol. The first-order chi connectivity index (χ1) is 11.2. The van der Waals surface area contributed by atoms with Crippen LogP contribution in [0.3, 0.4) is 0 Å². The van der Waals surface area contributed by atoms with Crippen LogP contribution in [0.5, 0.6) is 0 Å². The van der Waals surface area contributed by atoms with Crippen LogP contribution < -0.4 is 5.32 Å². The van der Waals surface area contributed by atoms with Crippen LogP contribution in [0.4, 0.5) is 0 Å². The van der Waals surface area contributed by atoms with Crippen molar-refractivity contribution in [2.75, 3.05) is 5.75 Å². The minimum absolute atomic E-state index is 0.0880. The Morgan fingerprint density at radius 3 is 2.78 bits per heavy atom. The summed E-state index contributed by atoms with van der Waals surface area (Å²) in [5.74, 6) is 0.209. The second kappa shape index (κ2) is 7.16. The summed E-state index contributed by atoms with van der Waals surface area (Å²) in [5.41, 5.74) is 1.37. The number of amides is 1. The highest BCUT2D eigenvalue weighted by Gasteiger charge is 2.35. The number of nitriles is 1. The van der Waals surface area contributed by atoms with E-state index in [9.17, 15) is 10.1 Å². The van der Waals surface area contributed by atoms with E-state index >= 15 is 0 Å². The van der Waals surface area contributed by atoms with Gasteiger partial charge in [0.1, 0.15) is 5.54 Å². The SMILES string of the molecule is N#CC1(NC(=O)CSc2nc(-c3ccccc3)cs2)CCCC1. The molecule has 1 aliphatic carbocycles. The van der Waals surface area contributed by atoms with E-state index in [0.29, 0.717) is 5.75 Å². The van der Waals surface area contributed by atoms with Gasteiger partial charge in [0.05, 0.1) is 17.5 Å². The molecule has 1 N–H and O–H groups in total. The first-order valence-electron chi connectivity index (χ1n) is 7.57. The largest absolute Gasteiger partial charge is 0.337 e. The maximum atomic E-state index is 12.1. The maximum absolute atomic E-state index is 12.1. The van der Waals surface area contributed by atoms with Crippen LogP contribution >= 0.6 is 23.1 Å². The number of carbonyl (C=O) groups excluding carboxylic acids is 1. The van der Waals surface area contributed by atoms with Crippen LogP contribution in [0.2, 0.25) is 0 Å². The molecule has 1 heterocycles. The molecule has 1 saturated carbocycles. The molecule has 23 heavy (non-hydrogen) atoms. The molecule has 0 bridgehead atoms. The molecule has 0 spiro atoms. The third kappa shape index (κ3) is 3.92. The van der Waals surface area contributed by atoms with E-state index in [2.05, 4.69) is 16.4 Å². The number of nitrogens with one attached hydrogen (secondary N) is 1. The van der Waals surface area contributed by atoms with Crippen molar-refractivity contribution in [3.63, 3.8) is 0 Å². The van der Waals surface area contributed by atoms with Crippen molar-refractivity contribution < 1.29 is 4.79 Å². The summed E-state index contributed by atoms with van der Waals surface area (Å²) >= 11 is 2.96. The second-order valence-corrected chi connectivity index (χ2v) is 7.68. The van der Waals surface area contributed by atoms with Gasteiger partial charge in [-0.05, 0) is 25.7 Å². The fourth-order valence-corrected chi connectivity index (χ4v) is 4.37. The van der Waals surface area contributed by atoms with Gasteiger partial charge in [-0.1, -0.05) is 42.1 Å². The maximum Gasteiger partial charge on any atom is 0.231 e. The van der Waals surface area contributed by atoms with Gasteiger partial charge in [0.2, 0.25) is 5.91 Å². The fraction of sp³-hybridized carbons (Fsp3) is 0.353. The number of thioether (sulfide) groups is 1. The number of aromatic nitrogens is 1. The van der Waals surface area contributed by atoms with Gasteiger partial charge in [-0.3, -0.25) is 4.79 Å². The highest BCUT2D eigenvalue weighted by Crippen LogP contribution is 2.30. The minimum Gasteiger partial charge on any atom is -0.337 e. The molecule has 1 aromatic carbocycles. The smallest absolute Gasteiger partial charge is 0.231 e. The lowest BCUT2D eigenvalue weighted by atomic mass is 10.0. The van der Waals surface area contributed by atoms with Crippen molar-refractivity contribution in [1.29, 1.82) is 5.26 Å². The highest BCUT2D eigenvalue weighted by molar-refractivity contribution is 8.01. The monoisotopic (exact) mass is 343 g/mol. The minimum atomic E-state index is -0.643. The Morgan fingerprint density at radius 1 is 1.35 bits per heavy atom. The number of thiazole rings is 1. The summed E-state index contributed by atoms with van der Waals surface area (Å²) in [6.45, 7) is 0. The number of nitrogens with zero attached hydrogens (tertiary/aromatic N) is 2. The molecule has 4 nitrogen and oxygen atoms in total. The summed E-state index contributed by atoms with van der Waals surface area (Å²) in [6, 6.07) is 12.3. The van der Waals surface area contributed by atoms with Crippen LogP contribution in [0.15, 0.2) is 40.1 Å². The van der Waals surface area contributed by atoms with Crippen molar-refractivity contribution in [2.45, 2.75) is 35.6 Å². The lowest BCUT2D eigenvalue weighted by Gasteiger charge is -2.21. The zero-order valence-electron chi connectivity index (χ0n) is 12.6. The molecule has 0 unspecified atom stereocenters. The third-order valence-electron chi connectivity index (χ3n) is 3.93. The summed E-state index contributed by atoms with van der Waals surface area (Å²) in [7, 11) is 0. The Kier molecular flexibility index (Phi) is 4.99. The van der Waals surface area contributed by atoms with Gasteiger partial charge >= 0.3 is 0 Å². The van der Waals surface area contributed by atoms with Crippen molar-refractivity contribution in [3.05, 3.63) is 35.7 Å². The Hall–Kier alpha value is -1.84. The Balaban J connectivity index is 1.56. The molecule has 6 heteroatoms. The summed E-state index contributed by atoms with van der Waals surface area (Å²) < 4.78 is 0.872. The standard InChI is InChI=1S/C17H17N3OS2/c18-12-17(8-4-5-9-17)20-15(21)11-23-16-19-14(10-22-16)13-6-2-1-3-7-13/h1-3,6-7,10H,4-5,8-9,11H2,(H,20,21). The van der Waals surface area contributed by atoms with E-state index in [1.165, 1.54) is 11.8 Å². The predicted molar refractivity (Wildman–Crippen MR) is 93.2 cm³/mol. The molecular formula is C17H17N3OS2.